The van der Waals surface area contributed by atoms with Gasteiger partial charge in [0.15, 0.2) is 0 Å². The molecule has 1 N–H and O–H groups in total. The van der Waals surface area contributed by atoms with Crippen LogP contribution in [0.15, 0.2) is 28.8 Å². The monoisotopic (exact) mass is 343 g/mol. The number of hydrogen-bond acceptors (Lipinski definition) is 5. The first-order valence-corrected chi connectivity index (χ1v) is 7.03. The predicted molar refractivity (Wildman–Crippen MR) is 80.6 cm³/mol. The number of nitro benzene ring substituents is 1. The Kier molecular flexibility index (Phi) is 4.54. The van der Waals surface area contributed by atoms with Gasteiger partial charge < -0.3 is 9.73 Å². The number of hydrogen-bond donors (Lipinski definition) is 1. The quantitative estimate of drug-likeness (QED) is 0.652. The van der Waals surface area contributed by atoms with Gasteiger partial charge in [-0.3, -0.25) is 10.1 Å². The van der Waals surface area contributed by atoms with E-state index in [1.165, 1.54) is 0 Å². The molecular weight excluding hydrogens is 327 g/mol. The van der Waals surface area contributed by atoms with Crippen molar-refractivity contribution in [1.82, 2.24) is 4.98 Å². The van der Waals surface area contributed by atoms with E-state index >= 15 is 0 Å². The Morgan fingerprint density at radius 3 is 2.46 bits per heavy atom. The third kappa shape index (κ3) is 4.03. The molecule has 0 atom stereocenters. The zero-order chi connectivity index (χ0) is 18.1. The van der Waals surface area contributed by atoms with Gasteiger partial charge in [-0.25, -0.2) is 4.98 Å². The lowest BCUT2D eigenvalue weighted by atomic mass is 9.94. The van der Waals surface area contributed by atoms with Crippen LogP contribution in [0.3, 0.4) is 0 Å². The maximum absolute atomic E-state index is 12.7. The molecule has 0 fully saturated rings. The summed E-state index contributed by atoms with van der Waals surface area (Å²) < 4.78 is 43.5. The second-order valence-electron chi connectivity index (χ2n) is 6.21. The first kappa shape index (κ1) is 17.8. The van der Waals surface area contributed by atoms with Crippen LogP contribution in [0, 0.1) is 10.1 Å². The second-order valence-corrected chi connectivity index (χ2v) is 6.21. The molecule has 9 heteroatoms. The minimum absolute atomic E-state index is 0.0162. The number of benzene rings is 1. The molecule has 1 heterocycles. The van der Waals surface area contributed by atoms with Crippen LogP contribution < -0.4 is 5.32 Å². The smallest absolute Gasteiger partial charge is 0.416 e. The molecule has 1 aromatic heterocycles. The first-order chi connectivity index (χ1) is 11.0. The van der Waals surface area contributed by atoms with E-state index < -0.39 is 22.4 Å². The zero-order valence-corrected chi connectivity index (χ0v) is 13.3. The van der Waals surface area contributed by atoms with Gasteiger partial charge in [0.2, 0.25) is 5.89 Å². The molecule has 2 rings (SSSR count). The third-order valence-corrected chi connectivity index (χ3v) is 3.24. The van der Waals surface area contributed by atoms with E-state index in [0.29, 0.717) is 11.8 Å². The van der Waals surface area contributed by atoms with Crippen LogP contribution in [0.1, 0.15) is 38.0 Å². The minimum Gasteiger partial charge on any atom is -0.443 e. The van der Waals surface area contributed by atoms with Crippen molar-refractivity contribution in [1.29, 1.82) is 0 Å². The molecule has 0 aliphatic rings. The fourth-order valence-corrected chi connectivity index (χ4v) is 1.92. The lowest BCUT2D eigenvalue weighted by molar-refractivity contribution is -0.384. The molecule has 0 radical (unpaired) electrons. The minimum atomic E-state index is -4.65. The molecule has 0 aliphatic heterocycles. The molecule has 2 aromatic rings. The normalized spacial score (nSPS) is 12.2. The van der Waals surface area contributed by atoms with Gasteiger partial charge in [-0.2, -0.15) is 13.2 Å². The number of anilines is 1. The largest absolute Gasteiger partial charge is 0.443 e. The van der Waals surface area contributed by atoms with Crippen molar-refractivity contribution >= 4 is 11.4 Å². The van der Waals surface area contributed by atoms with Crippen molar-refractivity contribution in [2.24, 2.45) is 0 Å². The van der Waals surface area contributed by atoms with Crippen molar-refractivity contribution in [2.45, 2.75) is 38.9 Å². The number of aromatic nitrogens is 1. The average molecular weight is 343 g/mol. The van der Waals surface area contributed by atoms with Crippen LogP contribution in [-0.2, 0) is 18.1 Å². The number of halogens is 3. The van der Waals surface area contributed by atoms with E-state index in [0.717, 1.165) is 12.1 Å². The SMILES string of the molecule is CC(C)(C)c1cnc(CNc2ccc(C(F)(F)F)cc2[N+](=O)[O-])o1. The Morgan fingerprint density at radius 2 is 1.96 bits per heavy atom. The van der Waals surface area contributed by atoms with Crippen LogP contribution in [0.25, 0.3) is 0 Å². The summed E-state index contributed by atoms with van der Waals surface area (Å²) in [4.78, 5) is 14.2. The van der Waals surface area contributed by atoms with Gasteiger partial charge in [-0.1, -0.05) is 20.8 Å². The van der Waals surface area contributed by atoms with Crippen molar-refractivity contribution in [2.75, 3.05) is 5.32 Å². The maximum atomic E-state index is 12.7. The molecule has 0 saturated carbocycles. The number of nitrogens with one attached hydrogen (secondary N) is 1. The number of rotatable bonds is 4. The van der Waals surface area contributed by atoms with E-state index in [1.54, 1.807) is 6.20 Å². The van der Waals surface area contributed by atoms with Crippen molar-refractivity contribution in [3.63, 3.8) is 0 Å². The van der Waals surface area contributed by atoms with Crippen LogP contribution in [-0.4, -0.2) is 9.91 Å². The summed E-state index contributed by atoms with van der Waals surface area (Å²) in [6, 6.07) is 2.30. The number of nitro groups is 1. The molecule has 130 valence electrons. The highest BCUT2D eigenvalue weighted by atomic mass is 19.4. The molecule has 0 amide bonds. The van der Waals surface area contributed by atoms with Crippen LogP contribution in [0.2, 0.25) is 0 Å². The van der Waals surface area contributed by atoms with Crippen molar-refractivity contribution in [3.8, 4) is 0 Å². The molecule has 0 spiro atoms. The van der Waals surface area contributed by atoms with Gasteiger partial charge >= 0.3 is 6.18 Å². The van der Waals surface area contributed by atoms with Crippen LogP contribution in [0.5, 0.6) is 0 Å². The Bertz CT molecular complexity index is 748. The van der Waals surface area contributed by atoms with Gasteiger partial charge in [0.25, 0.3) is 5.69 Å². The standard InChI is InChI=1S/C15H16F3N3O3/c1-14(2,3)12-7-20-13(24-12)8-19-10-5-4-9(15(16,17)18)6-11(10)21(22)23/h4-7,19H,8H2,1-3H3. The summed E-state index contributed by atoms with van der Waals surface area (Å²) in [5, 5.41) is 13.7. The van der Waals surface area contributed by atoms with Gasteiger partial charge in [0.1, 0.15) is 11.4 Å². The summed E-state index contributed by atoms with van der Waals surface area (Å²) in [7, 11) is 0. The maximum Gasteiger partial charge on any atom is 0.416 e. The summed E-state index contributed by atoms with van der Waals surface area (Å²) in [6.07, 6.45) is -3.09. The van der Waals surface area contributed by atoms with E-state index in [4.69, 9.17) is 4.42 Å². The molecular formula is C15H16F3N3O3. The molecule has 0 aliphatic carbocycles. The Hall–Kier alpha value is -2.58. The van der Waals surface area contributed by atoms with Crippen molar-refractivity contribution in [3.05, 3.63) is 51.7 Å². The summed E-state index contributed by atoms with van der Waals surface area (Å²) in [5.41, 5.74) is -2.02. The van der Waals surface area contributed by atoms with Gasteiger partial charge in [0.05, 0.1) is 23.2 Å². The lowest BCUT2D eigenvalue weighted by Crippen LogP contribution is -2.09. The first-order valence-electron chi connectivity index (χ1n) is 7.03. The Labute approximate surface area is 135 Å². The average Bonchev–Trinajstić information content (AvgIpc) is 2.92. The fourth-order valence-electron chi connectivity index (χ4n) is 1.92. The summed E-state index contributed by atoms with van der Waals surface area (Å²) >= 11 is 0. The number of alkyl halides is 3. The van der Waals surface area contributed by atoms with E-state index in [9.17, 15) is 23.3 Å². The molecule has 0 bridgehead atoms. The highest BCUT2D eigenvalue weighted by Gasteiger charge is 2.33. The molecule has 0 saturated heterocycles. The van der Waals surface area contributed by atoms with E-state index in [2.05, 4.69) is 10.3 Å². The van der Waals surface area contributed by atoms with E-state index in [1.807, 2.05) is 20.8 Å². The zero-order valence-electron chi connectivity index (χ0n) is 13.3. The van der Waals surface area contributed by atoms with Gasteiger partial charge in [-0.15, -0.1) is 0 Å². The van der Waals surface area contributed by atoms with E-state index in [-0.39, 0.29) is 23.5 Å². The fraction of sp³-hybridized carbons (Fsp3) is 0.400. The topological polar surface area (TPSA) is 81.2 Å². The van der Waals surface area contributed by atoms with Crippen molar-refractivity contribution < 1.29 is 22.5 Å². The molecule has 6 nitrogen and oxygen atoms in total. The van der Waals surface area contributed by atoms with Crippen LogP contribution in [0.4, 0.5) is 24.5 Å². The Morgan fingerprint density at radius 1 is 1.29 bits per heavy atom. The summed E-state index contributed by atoms with van der Waals surface area (Å²) in [6.45, 7) is 5.82. The summed E-state index contributed by atoms with van der Waals surface area (Å²) in [5.74, 6) is 0.926. The third-order valence-electron chi connectivity index (χ3n) is 3.24. The second kappa shape index (κ2) is 6.14. The van der Waals surface area contributed by atoms with Gasteiger partial charge in [-0.05, 0) is 12.1 Å². The lowest BCUT2D eigenvalue weighted by Gasteiger charge is -2.13. The predicted octanol–water partition coefficient (Wildman–Crippen LogP) is 4.51. The number of oxazole rings is 1. The number of nitrogens with zero attached hydrogens (tertiary/aromatic N) is 2. The molecule has 24 heavy (non-hydrogen) atoms. The van der Waals surface area contributed by atoms with Crippen LogP contribution >= 0.6 is 0 Å². The highest BCUT2D eigenvalue weighted by Crippen LogP contribution is 2.35. The molecule has 0 unspecified atom stereocenters. The van der Waals surface area contributed by atoms with Gasteiger partial charge in [0, 0.05) is 11.5 Å². The molecule has 1 aromatic carbocycles. The highest BCUT2D eigenvalue weighted by molar-refractivity contribution is 5.62. The Balaban J connectivity index is 2.20.